The highest BCUT2D eigenvalue weighted by atomic mass is 16.2. The minimum Gasteiger partial charge on any atom is -0.302 e. The zero-order valence-electron chi connectivity index (χ0n) is 7.53. The number of nitrogens with zero attached hydrogens (tertiary/aromatic N) is 1. The van der Waals surface area contributed by atoms with Crippen LogP contribution in [0.2, 0.25) is 0 Å². The maximum Gasteiger partial charge on any atom is 0.302 e. The molecule has 1 amide bonds. The summed E-state index contributed by atoms with van der Waals surface area (Å²) in [5, 5.41) is 0. The molecule has 0 saturated heterocycles. The zero-order valence-corrected chi connectivity index (χ0v) is 7.53. The normalized spacial score (nSPS) is 8.92. The van der Waals surface area contributed by atoms with E-state index in [0.717, 1.165) is 5.69 Å². The van der Waals surface area contributed by atoms with Crippen molar-refractivity contribution in [3.8, 4) is 12.3 Å². The van der Waals surface area contributed by atoms with Crippen LogP contribution in [-0.4, -0.2) is 12.5 Å². The van der Waals surface area contributed by atoms with Gasteiger partial charge in [-0.15, -0.1) is 6.42 Å². The van der Waals surface area contributed by atoms with Crippen molar-refractivity contribution in [1.82, 2.24) is 0 Å². The van der Waals surface area contributed by atoms with Crippen LogP contribution in [0.25, 0.3) is 0 Å². The molecule has 0 aliphatic rings. The van der Waals surface area contributed by atoms with Gasteiger partial charge in [0.05, 0.1) is 0 Å². The van der Waals surface area contributed by atoms with Crippen LogP contribution in [0.15, 0.2) is 30.3 Å². The highest BCUT2D eigenvalue weighted by Gasteiger charge is 2.09. The Balaban J connectivity index is 2.93. The Bertz CT molecular complexity index is 324. The maximum absolute atomic E-state index is 11.2. The number of hydrogen-bond donors (Lipinski definition) is 0. The molecule has 1 aromatic rings. The minimum atomic E-state index is -0.297. The van der Waals surface area contributed by atoms with Crippen molar-refractivity contribution >= 4 is 11.6 Å². The molecule has 0 bridgehead atoms. The Morgan fingerprint density at radius 1 is 1.46 bits per heavy atom. The van der Waals surface area contributed by atoms with Crippen LogP contribution in [0.1, 0.15) is 6.92 Å². The molecule has 0 unspecified atom stereocenters. The van der Waals surface area contributed by atoms with Crippen LogP contribution in [0, 0.1) is 12.3 Å². The third-order valence-corrected chi connectivity index (χ3v) is 1.75. The Morgan fingerprint density at radius 3 is 2.54 bits per heavy atom. The second kappa shape index (κ2) is 4.32. The number of benzene rings is 1. The first kappa shape index (κ1) is 9.34. The molecule has 0 aliphatic carbocycles. The summed E-state index contributed by atoms with van der Waals surface area (Å²) in [4.78, 5) is 12.8. The molecule has 0 N–H and O–H groups in total. The highest BCUT2D eigenvalue weighted by Crippen LogP contribution is 2.12. The zero-order chi connectivity index (χ0) is 9.68. The van der Waals surface area contributed by atoms with Gasteiger partial charge in [-0.1, -0.05) is 18.2 Å². The second-order valence-electron chi connectivity index (χ2n) is 2.53. The standard InChI is InChI=1S/C11H11NO/c1-3-11(13)12(4-2)10-8-6-5-7-9-10/h1,5-9H,4H2,2H3. The number of para-hydroxylation sites is 1. The molecule has 0 radical (unpaired) electrons. The lowest BCUT2D eigenvalue weighted by atomic mass is 10.3. The fourth-order valence-corrected chi connectivity index (χ4v) is 1.13. The molecule has 0 saturated carbocycles. The Labute approximate surface area is 78.2 Å². The summed E-state index contributed by atoms with van der Waals surface area (Å²) in [5.74, 6) is 1.80. The molecule has 2 nitrogen and oxygen atoms in total. The Kier molecular flexibility index (Phi) is 3.10. The monoisotopic (exact) mass is 173 g/mol. The molecule has 0 aliphatic heterocycles. The SMILES string of the molecule is C#CC(=O)N(CC)c1ccccc1. The van der Waals surface area contributed by atoms with Crippen LogP contribution in [0.4, 0.5) is 5.69 Å². The van der Waals surface area contributed by atoms with E-state index in [2.05, 4.69) is 5.92 Å². The molecular weight excluding hydrogens is 162 g/mol. The smallest absolute Gasteiger partial charge is 0.302 e. The van der Waals surface area contributed by atoms with Crippen LogP contribution < -0.4 is 4.90 Å². The lowest BCUT2D eigenvalue weighted by molar-refractivity contribution is -0.113. The lowest BCUT2D eigenvalue weighted by Gasteiger charge is -2.17. The lowest BCUT2D eigenvalue weighted by Crippen LogP contribution is -2.28. The van der Waals surface area contributed by atoms with Crippen molar-refractivity contribution in [3.63, 3.8) is 0 Å². The van der Waals surface area contributed by atoms with E-state index in [1.165, 1.54) is 0 Å². The Hall–Kier alpha value is -1.75. The predicted molar refractivity (Wildman–Crippen MR) is 53.3 cm³/mol. The highest BCUT2D eigenvalue weighted by molar-refractivity contribution is 6.05. The number of terminal acetylenes is 1. The fraction of sp³-hybridized carbons (Fsp3) is 0.182. The van der Waals surface area contributed by atoms with Crippen molar-refractivity contribution < 1.29 is 4.79 Å². The second-order valence-corrected chi connectivity index (χ2v) is 2.53. The van der Waals surface area contributed by atoms with Gasteiger partial charge in [0.2, 0.25) is 0 Å². The number of carbonyl (C=O) groups is 1. The van der Waals surface area contributed by atoms with E-state index in [1.54, 1.807) is 4.90 Å². The topological polar surface area (TPSA) is 20.3 Å². The number of hydrogen-bond acceptors (Lipinski definition) is 1. The van der Waals surface area contributed by atoms with Gasteiger partial charge >= 0.3 is 5.91 Å². The van der Waals surface area contributed by atoms with Crippen molar-refractivity contribution in [2.45, 2.75) is 6.92 Å². The molecule has 0 atom stereocenters. The van der Waals surface area contributed by atoms with Gasteiger partial charge in [-0.3, -0.25) is 4.79 Å². The van der Waals surface area contributed by atoms with Crippen LogP contribution in [-0.2, 0) is 4.79 Å². The van der Waals surface area contributed by atoms with E-state index in [1.807, 2.05) is 37.3 Å². The van der Waals surface area contributed by atoms with E-state index in [9.17, 15) is 4.79 Å². The van der Waals surface area contributed by atoms with E-state index in [-0.39, 0.29) is 5.91 Å². The number of carbonyl (C=O) groups excluding carboxylic acids is 1. The van der Waals surface area contributed by atoms with Gasteiger partial charge in [0.1, 0.15) is 0 Å². The van der Waals surface area contributed by atoms with Crippen molar-refractivity contribution in [3.05, 3.63) is 30.3 Å². The summed E-state index contributed by atoms with van der Waals surface area (Å²) in [6.07, 6.45) is 5.04. The maximum atomic E-state index is 11.2. The summed E-state index contributed by atoms with van der Waals surface area (Å²) >= 11 is 0. The van der Waals surface area contributed by atoms with Crippen LogP contribution >= 0.6 is 0 Å². The molecule has 13 heavy (non-hydrogen) atoms. The van der Waals surface area contributed by atoms with E-state index >= 15 is 0 Å². The van der Waals surface area contributed by atoms with Gasteiger partial charge in [0.25, 0.3) is 0 Å². The first-order chi connectivity index (χ1) is 6.29. The molecule has 1 rings (SSSR count). The van der Waals surface area contributed by atoms with Gasteiger partial charge in [-0.05, 0) is 25.0 Å². The minimum absolute atomic E-state index is 0.297. The van der Waals surface area contributed by atoms with Crippen molar-refractivity contribution in [2.75, 3.05) is 11.4 Å². The van der Waals surface area contributed by atoms with Gasteiger partial charge in [-0.25, -0.2) is 0 Å². The van der Waals surface area contributed by atoms with Crippen molar-refractivity contribution in [2.24, 2.45) is 0 Å². The quantitative estimate of drug-likeness (QED) is 0.623. The molecule has 0 aromatic heterocycles. The van der Waals surface area contributed by atoms with E-state index in [0.29, 0.717) is 6.54 Å². The van der Waals surface area contributed by atoms with Gasteiger partial charge in [0, 0.05) is 12.2 Å². The summed E-state index contributed by atoms with van der Waals surface area (Å²) in [6, 6.07) is 9.37. The molecule has 0 fully saturated rings. The number of amides is 1. The number of anilines is 1. The van der Waals surface area contributed by atoms with Gasteiger partial charge in [-0.2, -0.15) is 0 Å². The molecule has 66 valence electrons. The summed E-state index contributed by atoms with van der Waals surface area (Å²) in [7, 11) is 0. The largest absolute Gasteiger partial charge is 0.302 e. The molecule has 2 heteroatoms. The van der Waals surface area contributed by atoms with Crippen molar-refractivity contribution in [1.29, 1.82) is 0 Å². The van der Waals surface area contributed by atoms with Crippen LogP contribution in [0.5, 0.6) is 0 Å². The van der Waals surface area contributed by atoms with Crippen LogP contribution in [0.3, 0.4) is 0 Å². The third-order valence-electron chi connectivity index (χ3n) is 1.75. The first-order valence-corrected chi connectivity index (χ1v) is 4.12. The van der Waals surface area contributed by atoms with Gasteiger partial charge < -0.3 is 4.90 Å². The third kappa shape index (κ3) is 2.09. The summed E-state index contributed by atoms with van der Waals surface area (Å²) in [5.41, 5.74) is 0.841. The molecule has 0 spiro atoms. The van der Waals surface area contributed by atoms with E-state index < -0.39 is 0 Å². The molecule has 0 heterocycles. The molecular formula is C11H11NO. The number of rotatable bonds is 2. The Morgan fingerprint density at radius 2 is 2.08 bits per heavy atom. The average molecular weight is 173 g/mol. The van der Waals surface area contributed by atoms with Gasteiger partial charge in [0.15, 0.2) is 0 Å². The van der Waals surface area contributed by atoms with E-state index in [4.69, 9.17) is 6.42 Å². The summed E-state index contributed by atoms with van der Waals surface area (Å²) in [6.45, 7) is 2.48. The predicted octanol–water partition coefficient (Wildman–Crippen LogP) is 1.67. The average Bonchev–Trinajstić information content (AvgIpc) is 2.20. The summed E-state index contributed by atoms with van der Waals surface area (Å²) < 4.78 is 0. The molecule has 1 aromatic carbocycles. The first-order valence-electron chi connectivity index (χ1n) is 4.12. The fourth-order valence-electron chi connectivity index (χ4n) is 1.13.